The van der Waals surface area contributed by atoms with Crippen molar-refractivity contribution < 1.29 is 28.6 Å². The van der Waals surface area contributed by atoms with Gasteiger partial charge in [0.2, 0.25) is 11.4 Å². The maximum absolute atomic E-state index is 13.4. The highest BCUT2D eigenvalue weighted by molar-refractivity contribution is 6.10. The molecule has 3 bridgehead atoms. The summed E-state index contributed by atoms with van der Waals surface area (Å²) in [4.78, 5) is 40.3. The Kier molecular flexibility index (Phi) is 3.29. The zero-order valence-electron chi connectivity index (χ0n) is 15.8. The summed E-state index contributed by atoms with van der Waals surface area (Å²) in [6.45, 7) is 3.71. The van der Waals surface area contributed by atoms with Gasteiger partial charge < -0.3 is 19.5 Å². The Bertz CT molecular complexity index is 971. The molecule has 5 rings (SSSR count). The van der Waals surface area contributed by atoms with E-state index in [1.807, 2.05) is 24.3 Å². The highest BCUT2D eigenvalue weighted by Gasteiger charge is 2.79. The lowest BCUT2D eigenvalue weighted by molar-refractivity contribution is -0.174. The second-order valence-electron chi connectivity index (χ2n) is 7.46. The van der Waals surface area contributed by atoms with E-state index < -0.39 is 35.3 Å². The minimum Gasteiger partial charge on any atom is -0.466 e. The predicted octanol–water partition coefficient (Wildman–Crippen LogP) is 1.09. The predicted molar refractivity (Wildman–Crippen MR) is 94.4 cm³/mol. The molecule has 0 saturated carbocycles. The number of benzene rings is 1. The Labute approximate surface area is 161 Å². The van der Waals surface area contributed by atoms with E-state index in [9.17, 15) is 14.4 Å². The van der Waals surface area contributed by atoms with Crippen molar-refractivity contribution in [1.82, 2.24) is 10.2 Å². The molecule has 4 heterocycles. The third-order valence-corrected chi connectivity index (χ3v) is 6.19. The molecular formula is C20H20N2O6. The van der Waals surface area contributed by atoms with E-state index in [1.165, 1.54) is 12.0 Å². The Hall–Kier alpha value is -2.87. The summed E-state index contributed by atoms with van der Waals surface area (Å²) in [5.41, 5.74) is 1.02. The lowest BCUT2D eigenvalue weighted by atomic mass is 9.71. The smallest absolute Gasteiger partial charge is 0.348 e. The average Bonchev–Trinajstić information content (AvgIpc) is 3.15. The number of hydrogen-bond donors (Lipinski definition) is 1. The van der Waals surface area contributed by atoms with Crippen LogP contribution in [-0.4, -0.2) is 47.9 Å². The first-order valence-electron chi connectivity index (χ1n) is 9.28. The van der Waals surface area contributed by atoms with E-state index in [-0.39, 0.29) is 18.9 Å². The number of nitrogens with one attached hydrogen (secondary N) is 1. The van der Waals surface area contributed by atoms with Gasteiger partial charge in [-0.25, -0.2) is 9.59 Å². The molecule has 1 N–H and O–H groups in total. The number of allylic oxidation sites excluding steroid dienone is 1. The molecule has 4 aliphatic rings. The standard InChI is InChI=1S/C20H20N2O6/c1-4-27-16(23)14-10(2)21-20-13-9-19(28-20,18(25)26-3)17(24)22(20)15(14)12-8-6-5-7-11(12)13/h5-8,13,15,21H,4,9H2,1-3H3/t13-,15+,19+,20+/m0/s1. The third-order valence-electron chi connectivity index (χ3n) is 6.19. The van der Waals surface area contributed by atoms with E-state index >= 15 is 0 Å². The highest BCUT2D eigenvalue weighted by Crippen LogP contribution is 2.64. The van der Waals surface area contributed by atoms with Gasteiger partial charge in [-0.1, -0.05) is 24.3 Å². The minimum atomic E-state index is -1.71. The van der Waals surface area contributed by atoms with Crippen molar-refractivity contribution in [3.05, 3.63) is 46.7 Å². The van der Waals surface area contributed by atoms with Crippen LogP contribution in [0.25, 0.3) is 0 Å². The Balaban J connectivity index is 1.77. The third kappa shape index (κ3) is 1.72. The first-order valence-corrected chi connectivity index (χ1v) is 9.28. The molecule has 1 aromatic carbocycles. The van der Waals surface area contributed by atoms with Crippen LogP contribution in [0.2, 0.25) is 0 Å². The fourth-order valence-corrected chi connectivity index (χ4v) is 5.19. The summed E-state index contributed by atoms with van der Waals surface area (Å²) >= 11 is 0. The van der Waals surface area contributed by atoms with Crippen molar-refractivity contribution in [3.8, 4) is 0 Å². The van der Waals surface area contributed by atoms with E-state index in [0.717, 1.165) is 11.1 Å². The lowest BCUT2D eigenvalue weighted by Crippen LogP contribution is -2.68. The van der Waals surface area contributed by atoms with Crippen molar-refractivity contribution in [1.29, 1.82) is 0 Å². The molecule has 0 aromatic heterocycles. The van der Waals surface area contributed by atoms with Gasteiger partial charge in [0, 0.05) is 12.1 Å². The number of methoxy groups -OCH3 is 1. The largest absolute Gasteiger partial charge is 0.466 e. The fraction of sp³-hybridized carbons (Fsp3) is 0.450. The number of esters is 2. The minimum absolute atomic E-state index is 0.188. The number of rotatable bonds is 3. The molecule has 1 spiro atoms. The van der Waals surface area contributed by atoms with Gasteiger partial charge >= 0.3 is 11.9 Å². The molecule has 4 aliphatic heterocycles. The molecule has 0 unspecified atom stereocenters. The summed E-state index contributed by atoms with van der Waals surface area (Å²) in [5, 5.41) is 3.23. The van der Waals surface area contributed by atoms with Crippen LogP contribution in [0.4, 0.5) is 0 Å². The second kappa shape index (κ2) is 5.35. The summed E-state index contributed by atoms with van der Waals surface area (Å²) in [5.74, 6) is -3.19. The number of piperidine rings is 1. The molecule has 0 aliphatic carbocycles. The van der Waals surface area contributed by atoms with Gasteiger partial charge in [0.05, 0.1) is 31.2 Å². The zero-order valence-corrected chi connectivity index (χ0v) is 15.8. The Morgan fingerprint density at radius 3 is 2.71 bits per heavy atom. The van der Waals surface area contributed by atoms with Crippen LogP contribution in [0.1, 0.15) is 43.4 Å². The zero-order chi connectivity index (χ0) is 19.8. The number of hydrogen-bond acceptors (Lipinski definition) is 7. The lowest BCUT2D eigenvalue weighted by Gasteiger charge is -2.54. The monoisotopic (exact) mass is 384 g/mol. The number of amides is 1. The van der Waals surface area contributed by atoms with Crippen LogP contribution >= 0.6 is 0 Å². The van der Waals surface area contributed by atoms with Crippen molar-refractivity contribution in [2.24, 2.45) is 0 Å². The first-order chi connectivity index (χ1) is 13.4. The van der Waals surface area contributed by atoms with Crippen molar-refractivity contribution in [2.45, 2.75) is 43.7 Å². The van der Waals surface area contributed by atoms with E-state index in [4.69, 9.17) is 14.2 Å². The van der Waals surface area contributed by atoms with E-state index in [1.54, 1.807) is 13.8 Å². The molecule has 1 amide bonds. The van der Waals surface area contributed by atoms with Crippen molar-refractivity contribution >= 4 is 17.8 Å². The van der Waals surface area contributed by atoms with E-state index in [0.29, 0.717) is 11.3 Å². The average molecular weight is 384 g/mol. The Morgan fingerprint density at radius 1 is 1.32 bits per heavy atom. The van der Waals surface area contributed by atoms with Gasteiger partial charge in [-0.15, -0.1) is 0 Å². The van der Waals surface area contributed by atoms with Crippen LogP contribution in [0, 0.1) is 0 Å². The summed E-state index contributed by atoms with van der Waals surface area (Å²) in [7, 11) is 1.24. The molecule has 28 heavy (non-hydrogen) atoms. The number of ether oxygens (including phenoxy) is 3. The summed E-state index contributed by atoms with van der Waals surface area (Å²) < 4.78 is 16.4. The topological polar surface area (TPSA) is 94.2 Å². The Morgan fingerprint density at radius 2 is 2.04 bits per heavy atom. The van der Waals surface area contributed by atoms with Gasteiger partial charge in [0.15, 0.2) is 0 Å². The SMILES string of the molecule is CCOC(=O)C1=C(C)N[C@]23O[C@]4(C(=O)OC)C[C@H]2c2ccccc2[C@H]1N3C4=O. The number of nitrogens with zero attached hydrogens (tertiary/aromatic N) is 1. The molecule has 0 radical (unpaired) electrons. The van der Waals surface area contributed by atoms with Crippen LogP contribution in [0.5, 0.6) is 0 Å². The highest BCUT2D eigenvalue weighted by atomic mass is 16.6. The maximum Gasteiger partial charge on any atom is 0.348 e. The van der Waals surface area contributed by atoms with E-state index in [2.05, 4.69) is 5.32 Å². The van der Waals surface area contributed by atoms with Crippen molar-refractivity contribution in [3.63, 3.8) is 0 Å². The van der Waals surface area contributed by atoms with Crippen LogP contribution in [-0.2, 0) is 28.6 Å². The van der Waals surface area contributed by atoms with Crippen LogP contribution < -0.4 is 5.32 Å². The first kappa shape index (κ1) is 17.2. The van der Waals surface area contributed by atoms with Gasteiger partial charge in [0.25, 0.3) is 5.91 Å². The number of fused-ring (bicyclic) bond motifs is 4. The van der Waals surface area contributed by atoms with Gasteiger partial charge in [-0.3, -0.25) is 9.69 Å². The normalized spacial score (nSPS) is 34.1. The van der Waals surface area contributed by atoms with Crippen molar-refractivity contribution in [2.75, 3.05) is 13.7 Å². The summed E-state index contributed by atoms with van der Waals surface area (Å²) in [6.07, 6.45) is 0.188. The molecule has 1 aromatic rings. The molecule has 4 atom stereocenters. The molecule has 8 heteroatoms. The summed E-state index contributed by atoms with van der Waals surface area (Å²) in [6, 6.07) is 6.95. The van der Waals surface area contributed by atoms with Gasteiger partial charge in [-0.2, -0.15) is 0 Å². The fourth-order valence-electron chi connectivity index (χ4n) is 5.19. The second-order valence-corrected chi connectivity index (χ2v) is 7.46. The molecule has 2 fully saturated rings. The van der Waals surface area contributed by atoms with Gasteiger partial charge in [0.1, 0.15) is 0 Å². The quantitative estimate of drug-likeness (QED) is 0.616. The number of carbonyl (C=O) groups is 3. The molecular weight excluding hydrogens is 364 g/mol. The van der Waals surface area contributed by atoms with Crippen LogP contribution in [0.3, 0.4) is 0 Å². The van der Waals surface area contributed by atoms with Gasteiger partial charge in [-0.05, 0) is 25.0 Å². The molecule has 146 valence electrons. The molecule has 2 saturated heterocycles. The van der Waals surface area contributed by atoms with Crippen LogP contribution in [0.15, 0.2) is 35.5 Å². The molecule has 8 nitrogen and oxygen atoms in total. The maximum atomic E-state index is 13.4. The number of carbonyl (C=O) groups excluding carboxylic acids is 3.